The van der Waals surface area contributed by atoms with Crippen molar-refractivity contribution in [3.05, 3.63) is 0 Å². The van der Waals surface area contributed by atoms with Crippen molar-refractivity contribution in [3.63, 3.8) is 0 Å². The van der Waals surface area contributed by atoms with Crippen LogP contribution in [0.1, 0.15) is 19.3 Å². The molecule has 0 aromatic rings. The Balaban J connectivity index is 1.83. The quantitative estimate of drug-likeness (QED) is 0.515. The molecular weight excluding hydrogens is 223 g/mol. The van der Waals surface area contributed by atoms with Crippen LogP contribution in [0.5, 0.6) is 0 Å². The minimum absolute atomic E-state index is 0.0552. The molecule has 14 heavy (non-hydrogen) atoms. The van der Waals surface area contributed by atoms with Crippen LogP contribution in [-0.2, 0) is 9.53 Å². The second kappa shape index (κ2) is 2.41. The van der Waals surface area contributed by atoms with Crippen molar-refractivity contribution in [2.45, 2.75) is 23.6 Å². The number of rotatable bonds is 1. The maximum Gasteiger partial charge on any atom is 0.309 e. The maximum atomic E-state index is 11.5. The summed E-state index contributed by atoms with van der Waals surface area (Å²) in [5.41, 5.74) is 0.0552. The highest BCUT2D eigenvalue weighted by Crippen LogP contribution is 2.81. The topological polar surface area (TPSA) is 26.3 Å². The molecule has 0 saturated heterocycles. The molecule has 0 heterocycles. The third-order valence-electron chi connectivity index (χ3n) is 4.45. The van der Waals surface area contributed by atoms with E-state index >= 15 is 0 Å². The Morgan fingerprint density at radius 1 is 1.50 bits per heavy atom. The predicted octanol–water partition coefficient (Wildman–Crippen LogP) is 2.38. The molecule has 4 heteroatoms. The van der Waals surface area contributed by atoms with Gasteiger partial charge in [-0.1, -0.05) is 0 Å². The van der Waals surface area contributed by atoms with Gasteiger partial charge in [0.05, 0.1) is 13.0 Å². The lowest BCUT2D eigenvalue weighted by atomic mass is 9.70. The minimum Gasteiger partial charge on any atom is -0.469 e. The van der Waals surface area contributed by atoms with Gasteiger partial charge in [0.2, 0.25) is 0 Å². The summed E-state index contributed by atoms with van der Waals surface area (Å²) in [5.74, 6) is 0.875. The van der Waals surface area contributed by atoms with Crippen molar-refractivity contribution in [1.29, 1.82) is 0 Å². The minimum atomic E-state index is -0.560. The molecule has 4 atom stereocenters. The summed E-state index contributed by atoms with van der Waals surface area (Å²) in [4.78, 5) is 11.5. The first-order valence-corrected chi connectivity index (χ1v) is 5.73. The second-order valence-corrected chi connectivity index (χ2v) is 6.38. The third-order valence-corrected chi connectivity index (χ3v) is 5.47. The van der Waals surface area contributed by atoms with E-state index in [1.165, 1.54) is 7.11 Å². The fourth-order valence-electron chi connectivity index (χ4n) is 3.62. The summed E-state index contributed by atoms with van der Waals surface area (Å²) in [6.45, 7) is 0. The summed E-state index contributed by atoms with van der Waals surface area (Å²) >= 11 is 12.3. The number of hydrogen-bond donors (Lipinski definition) is 0. The van der Waals surface area contributed by atoms with Gasteiger partial charge in [-0.05, 0) is 31.1 Å². The molecule has 4 aliphatic carbocycles. The SMILES string of the molecule is COC(=O)[C@H]1[C@H]2C[C@@H]1[C@]1(C2)CC1(Cl)Cl. The largest absolute Gasteiger partial charge is 0.469 e. The Labute approximate surface area is 92.9 Å². The fourth-order valence-corrected chi connectivity index (χ4v) is 4.53. The highest BCUT2D eigenvalue weighted by Gasteiger charge is 2.79. The Morgan fingerprint density at radius 2 is 2.14 bits per heavy atom. The normalized spacial score (nSPS) is 51.5. The summed E-state index contributed by atoms with van der Waals surface area (Å²) in [6, 6.07) is 0. The molecule has 2 nitrogen and oxygen atoms in total. The van der Waals surface area contributed by atoms with Gasteiger partial charge in [-0.3, -0.25) is 4.79 Å². The molecule has 0 amide bonds. The molecule has 4 saturated carbocycles. The first-order valence-electron chi connectivity index (χ1n) is 4.97. The van der Waals surface area contributed by atoms with Crippen LogP contribution in [0.25, 0.3) is 0 Å². The van der Waals surface area contributed by atoms with Gasteiger partial charge in [-0.2, -0.15) is 0 Å². The Hall–Kier alpha value is 0.0500. The van der Waals surface area contributed by atoms with Crippen molar-refractivity contribution >= 4 is 29.2 Å². The molecule has 4 aliphatic rings. The average Bonchev–Trinajstić information content (AvgIpc) is 2.50. The van der Waals surface area contributed by atoms with Gasteiger partial charge in [0, 0.05) is 5.41 Å². The van der Waals surface area contributed by atoms with Crippen LogP contribution in [0.4, 0.5) is 0 Å². The van der Waals surface area contributed by atoms with E-state index < -0.39 is 4.33 Å². The molecule has 0 unspecified atom stereocenters. The van der Waals surface area contributed by atoms with Gasteiger partial charge in [-0.25, -0.2) is 0 Å². The van der Waals surface area contributed by atoms with Crippen molar-refractivity contribution < 1.29 is 9.53 Å². The molecule has 0 aliphatic heterocycles. The summed E-state index contributed by atoms with van der Waals surface area (Å²) in [6.07, 6.45) is 2.99. The van der Waals surface area contributed by atoms with Crippen LogP contribution in [0.15, 0.2) is 0 Å². The molecule has 1 spiro atoms. The van der Waals surface area contributed by atoms with Gasteiger partial charge < -0.3 is 4.74 Å². The summed E-state index contributed by atoms with van der Waals surface area (Å²) in [5, 5.41) is 0. The number of methoxy groups -OCH3 is 1. The molecule has 4 rings (SSSR count). The summed E-state index contributed by atoms with van der Waals surface area (Å²) in [7, 11) is 1.45. The molecule has 2 bridgehead atoms. The van der Waals surface area contributed by atoms with E-state index in [0.717, 1.165) is 19.3 Å². The number of carbonyl (C=O) groups is 1. The van der Waals surface area contributed by atoms with E-state index in [0.29, 0.717) is 11.8 Å². The van der Waals surface area contributed by atoms with Crippen LogP contribution in [0.3, 0.4) is 0 Å². The Morgan fingerprint density at radius 3 is 2.57 bits per heavy atom. The van der Waals surface area contributed by atoms with Crippen molar-refractivity contribution in [2.75, 3.05) is 7.11 Å². The van der Waals surface area contributed by atoms with E-state index in [1.54, 1.807) is 0 Å². The van der Waals surface area contributed by atoms with E-state index in [4.69, 9.17) is 27.9 Å². The van der Waals surface area contributed by atoms with Crippen LogP contribution in [0, 0.1) is 23.2 Å². The van der Waals surface area contributed by atoms with E-state index in [1.807, 2.05) is 0 Å². The molecule has 78 valence electrons. The fraction of sp³-hybridized carbons (Fsp3) is 0.900. The van der Waals surface area contributed by atoms with Crippen molar-refractivity contribution in [2.24, 2.45) is 23.2 Å². The molecule has 0 radical (unpaired) electrons. The average molecular weight is 235 g/mol. The predicted molar refractivity (Wildman–Crippen MR) is 53.2 cm³/mol. The van der Waals surface area contributed by atoms with Crippen LogP contribution < -0.4 is 0 Å². The summed E-state index contributed by atoms with van der Waals surface area (Å²) < 4.78 is 4.24. The van der Waals surface area contributed by atoms with E-state index in [-0.39, 0.29) is 17.3 Å². The number of hydrogen-bond acceptors (Lipinski definition) is 2. The molecule has 0 aromatic heterocycles. The van der Waals surface area contributed by atoms with Crippen molar-refractivity contribution in [3.8, 4) is 0 Å². The number of halogens is 2. The second-order valence-electron chi connectivity index (χ2n) is 4.89. The van der Waals surface area contributed by atoms with Gasteiger partial charge >= 0.3 is 5.97 Å². The zero-order valence-electron chi connectivity index (χ0n) is 7.93. The van der Waals surface area contributed by atoms with Crippen LogP contribution in [-0.4, -0.2) is 17.4 Å². The van der Waals surface area contributed by atoms with E-state index in [9.17, 15) is 4.79 Å². The smallest absolute Gasteiger partial charge is 0.309 e. The number of ether oxygens (including phenoxy) is 1. The third kappa shape index (κ3) is 0.832. The Bertz CT molecular complexity index is 315. The van der Waals surface area contributed by atoms with Gasteiger partial charge in [-0.15, -0.1) is 23.2 Å². The monoisotopic (exact) mass is 234 g/mol. The first-order chi connectivity index (χ1) is 6.52. The number of carbonyl (C=O) groups excluding carboxylic acids is 1. The lowest BCUT2D eigenvalue weighted by molar-refractivity contribution is -0.153. The van der Waals surface area contributed by atoms with Crippen molar-refractivity contribution in [1.82, 2.24) is 0 Å². The van der Waals surface area contributed by atoms with E-state index in [2.05, 4.69) is 0 Å². The first kappa shape index (κ1) is 9.29. The molecule has 0 N–H and O–H groups in total. The number of esters is 1. The maximum absolute atomic E-state index is 11.5. The zero-order chi connectivity index (χ0) is 10.1. The molecular formula is C10H12Cl2O2. The zero-order valence-corrected chi connectivity index (χ0v) is 9.44. The highest BCUT2D eigenvalue weighted by atomic mass is 35.5. The van der Waals surface area contributed by atoms with Gasteiger partial charge in [0.15, 0.2) is 0 Å². The molecule has 4 fully saturated rings. The van der Waals surface area contributed by atoms with Crippen LogP contribution in [0.2, 0.25) is 0 Å². The molecule has 0 aromatic carbocycles. The number of alkyl halides is 2. The standard InChI is InChI=1S/C10H12Cl2O2/c1-14-8(13)7-5-2-6(7)9(3-5)4-10(9,11)12/h5-7H,2-4H2,1H3/t5-,6-,7-,9-/m0/s1. The van der Waals surface area contributed by atoms with Gasteiger partial charge in [0.25, 0.3) is 0 Å². The lowest BCUT2D eigenvalue weighted by Gasteiger charge is -2.34. The van der Waals surface area contributed by atoms with Gasteiger partial charge in [0.1, 0.15) is 4.33 Å². The lowest BCUT2D eigenvalue weighted by Crippen LogP contribution is -2.38. The Kier molecular flexibility index (Phi) is 1.60. The highest BCUT2D eigenvalue weighted by molar-refractivity contribution is 6.51. The van der Waals surface area contributed by atoms with Crippen LogP contribution >= 0.6 is 23.2 Å².